The highest BCUT2D eigenvalue weighted by atomic mass is 35.5. The van der Waals surface area contributed by atoms with Gasteiger partial charge in [0.15, 0.2) is 5.13 Å². The Labute approximate surface area is 101 Å². The molecule has 6 nitrogen and oxygen atoms in total. The van der Waals surface area contributed by atoms with E-state index in [-0.39, 0.29) is 21.9 Å². The molecule has 1 N–H and O–H groups in total. The van der Waals surface area contributed by atoms with Crippen LogP contribution >= 0.6 is 22.9 Å². The minimum Gasteiger partial charge on any atom is -0.301 e. The second-order valence-electron chi connectivity index (χ2n) is 3.73. The standard InChI is InChI=1S/C8H10ClN3O3S/c1-8(2,4-9)6(13)11-7-10-3-5(16-7)12(14)15/h3H,4H2,1-2H3,(H,10,11,13). The van der Waals surface area contributed by atoms with E-state index in [0.717, 1.165) is 17.5 Å². The summed E-state index contributed by atoms with van der Waals surface area (Å²) in [4.78, 5) is 25.2. The summed E-state index contributed by atoms with van der Waals surface area (Å²) in [6.07, 6.45) is 1.11. The van der Waals surface area contributed by atoms with E-state index in [1.54, 1.807) is 13.8 Å². The molecule has 0 unspecified atom stereocenters. The molecule has 0 aliphatic rings. The lowest BCUT2D eigenvalue weighted by atomic mass is 9.95. The summed E-state index contributed by atoms with van der Waals surface area (Å²) in [6.45, 7) is 3.36. The molecular formula is C8H10ClN3O3S. The summed E-state index contributed by atoms with van der Waals surface area (Å²) in [5.41, 5.74) is -0.734. The molecule has 0 bridgehead atoms. The van der Waals surface area contributed by atoms with Gasteiger partial charge in [-0.3, -0.25) is 14.9 Å². The first-order valence-corrected chi connectivity index (χ1v) is 5.69. The number of hydrogen-bond acceptors (Lipinski definition) is 5. The Bertz CT molecular complexity index is 418. The lowest BCUT2D eigenvalue weighted by molar-refractivity contribution is -0.380. The fourth-order valence-corrected chi connectivity index (χ4v) is 1.48. The molecule has 0 aliphatic heterocycles. The summed E-state index contributed by atoms with van der Waals surface area (Å²) in [5.74, 6) is -0.154. The van der Waals surface area contributed by atoms with Crippen molar-refractivity contribution in [1.82, 2.24) is 4.98 Å². The van der Waals surface area contributed by atoms with Crippen molar-refractivity contribution in [2.75, 3.05) is 11.2 Å². The Kier molecular flexibility index (Phi) is 3.82. The zero-order valence-electron chi connectivity index (χ0n) is 8.69. The summed E-state index contributed by atoms with van der Waals surface area (Å²) >= 11 is 6.43. The van der Waals surface area contributed by atoms with Gasteiger partial charge in [0.25, 0.3) is 0 Å². The van der Waals surface area contributed by atoms with Crippen LogP contribution in [0.5, 0.6) is 0 Å². The van der Waals surface area contributed by atoms with E-state index in [4.69, 9.17) is 11.6 Å². The zero-order valence-corrected chi connectivity index (χ0v) is 10.3. The fourth-order valence-electron chi connectivity index (χ4n) is 0.735. The number of carbonyl (C=O) groups excluding carboxylic acids is 1. The van der Waals surface area contributed by atoms with Crippen molar-refractivity contribution < 1.29 is 9.72 Å². The predicted molar refractivity (Wildman–Crippen MR) is 61.9 cm³/mol. The summed E-state index contributed by atoms with van der Waals surface area (Å²) in [6, 6.07) is 0. The number of carbonyl (C=O) groups is 1. The van der Waals surface area contributed by atoms with Crippen LogP contribution in [-0.4, -0.2) is 21.7 Å². The number of anilines is 1. The van der Waals surface area contributed by atoms with Crippen LogP contribution in [0.1, 0.15) is 13.8 Å². The van der Waals surface area contributed by atoms with Crippen molar-refractivity contribution in [3.8, 4) is 0 Å². The second kappa shape index (κ2) is 4.75. The van der Waals surface area contributed by atoms with Crippen LogP contribution in [0.3, 0.4) is 0 Å². The number of aromatic nitrogens is 1. The SMILES string of the molecule is CC(C)(CCl)C(=O)Nc1ncc([N+](=O)[O-])s1. The monoisotopic (exact) mass is 263 g/mol. The Morgan fingerprint density at radius 2 is 2.38 bits per heavy atom. The number of rotatable bonds is 4. The van der Waals surface area contributed by atoms with Crippen LogP contribution in [0.2, 0.25) is 0 Å². The average molecular weight is 264 g/mol. The Morgan fingerprint density at radius 3 is 2.81 bits per heavy atom. The number of alkyl halides is 1. The Balaban J connectivity index is 2.74. The van der Waals surface area contributed by atoms with E-state index in [0.29, 0.717) is 0 Å². The van der Waals surface area contributed by atoms with E-state index in [2.05, 4.69) is 10.3 Å². The number of nitrogens with one attached hydrogen (secondary N) is 1. The van der Waals surface area contributed by atoms with Crippen LogP contribution in [0.4, 0.5) is 10.1 Å². The first-order chi connectivity index (χ1) is 7.36. The molecule has 88 valence electrons. The molecule has 0 fully saturated rings. The molecule has 0 radical (unpaired) electrons. The Morgan fingerprint density at radius 1 is 1.75 bits per heavy atom. The molecule has 1 aromatic heterocycles. The van der Waals surface area contributed by atoms with E-state index in [9.17, 15) is 14.9 Å². The van der Waals surface area contributed by atoms with Gasteiger partial charge >= 0.3 is 5.00 Å². The van der Waals surface area contributed by atoms with Crippen LogP contribution < -0.4 is 5.32 Å². The second-order valence-corrected chi connectivity index (χ2v) is 5.01. The number of nitro groups is 1. The lowest BCUT2D eigenvalue weighted by Crippen LogP contribution is -2.32. The fraction of sp³-hybridized carbons (Fsp3) is 0.500. The van der Waals surface area contributed by atoms with Gasteiger partial charge in [-0.05, 0) is 25.2 Å². The van der Waals surface area contributed by atoms with E-state index >= 15 is 0 Å². The van der Waals surface area contributed by atoms with Gasteiger partial charge in [0.05, 0.1) is 10.3 Å². The number of halogens is 1. The predicted octanol–water partition coefficient (Wildman–Crippen LogP) is 2.25. The summed E-state index contributed by atoms with van der Waals surface area (Å²) in [5, 5.41) is 13.0. The molecule has 0 saturated carbocycles. The molecular weight excluding hydrogens is 254 g/mol. The van der Waals surface area contributed by atoms with Gasteiger partial charge in [-0.2, -0.15) is 0 Å². The van der Waals surface area contributed by atoms with E-state index in [1.165, 1.54) is 0 Å². The quantitative estimate of drug-likeness (QED) is 0.513. The van der Waals surface area contributed by atoms with Crippen LogP contribution in [0, 0.1) is 15.5 Å². The molecule has 1 heterocycles. The molecule has 0 atom stereocenters. The molecule has 0 saturated heterocycles. The normalized spacial score (nSPS) is 11.2. The van der Waals surface area contributed by atoms with Crippen molar-refractivity contribution in [2.45, 2.75) is 13.8 Å². The topological polar surface area (TPSA) is 85.1 Å². The highest BCUT2D eigenvalue weighted by Crippen LogP contribution is 2.27. The minimum absolute atomic E-state index is 0.112. The number of nitrogens with zero attached hydrogens (tertiary/aromatic N) is 2. The van der Waals surface area contributed by atoms with E-state index < -0.39 is 10.3 Å². The highest BCUT2D eigenvalue weighted by Gasteiger charge is 2.27. The molecule has 0 aliphatic carbocycles. The first-order valence-electron chi connectivity index (χ1n) is 4.34. The number of thiazole rings is 1. The molecule has 0 aromatic carbocycles. The maximum absolute atomic E-state index is 11.6. The van der Waals surface area contributed by atoms with Crippen molar-refractivity contribution in [1.29, 1.82) is 0 Å². The van der Waals surface area contributed by atoms with Crippen molar-refractivity contribution in [2.24, 2.45) is 5.41 Å². The van der Waals surface area contributed by atoms with Crippen LogP contribution in [-0.2, 0) is 4.79 Å². The van der Waals surface area contributed by atoms with Gasteiger partial charge in [-0.25, -0.2) is 4.98 Å². The van der Waals surface area contributed by atoms with Gasteiger partial charge in [-0.15, -0.1) is 11.6 Å². The Hall–Kier alpha value is -1.21. The van der Waals surface area contributed by atoms with Crippen molar-refractivity contribution in [3.63, 3.8) is 0 Å². The molecule has 1 amide bonds. The van der Waals surface area contributed by atoms with Gasteiger partial charge in [0, 0.05) is 5.88 Å². The first kappa shape index (κ1) is 12.9. The molecule has 1 aromatic rings. The zero-order chi connectivity index (χ0) is 12.3. The number of hydrogen-bond donors (Lipinski definition) is 1. The molecule has 8 heteroatoms. The van der Waals surface area contributed by atoms with Gasteiger partial charge in [-0.1, -0.05) is 0 Å². The van der Waals surface area contributed by atoms with Crippen molar-refractivity contribution >= 4 is 39.0 Å². The largest absolute Gasteiger partial charge is 0.345 e. The minimum atomic E-state index is -0.734. The highest BCUT2D eigenvalue weighted by molar-refractivity contribution is 7.18. The molecule has 0 spiro atoms. The van der Waals surface area contributed by atoms with Crippen molar-refractivity contribution in [3.05, 3.63) is 16.3 Å². The lowest BCUT2D eigenvalue weighted by Gasteiger charge is -2.18. The van der Waals surface area contributed by atoms with Crippen LogP contribution in [0.25, 0.3) is 0 Å². The third-order valence-electron chi connectivity index (χ3n) is 1.84. The average Bonchev–Trinajstić information content (AvgIpc) is 2.66. The van der Waals surface area contributed by atoms with E-state index in [1.807, 2.05) is 0 Å². The number of amides is 1. The maximum atomic E-state index is 11.6. The van der Waals surface area contributed by atoms with Crippen LogP contribution in [0.15, 0.2) is 6.20 Å². The summed E-state index contributed by atoms with van der Waals surface area (Å²) in [7, 11) is 0. The maximum Gasteiger partial charge on any atom is 0.345 e. The summed E-state index contributed by atoms with van der Waals surface area (Å²) < 4.78 is 0. The third-order valence-corrected chi connectivity index (χ3v) is 3.38. The molecule has 1 rings (SSSR count). The van der Waals surface area contributed by atoms with Gasteiger partial charge < -0.3 is 5.32 Å². The third kappa shape index (κ3) is 2.89. The van der Waals surface area contributed by atoms with Gasteiger partial charge in [0.2, 0.25) is 5.91 Å². The smallest absolute Gasteiger partial charge is 0.301 e. The van der Waals surface area contributed by atoms with Gasteiger partial charge in [0.1, 0.15) is 6.20 Å². The molecule has 16 heavy (non-hydrogen) atoms.